The van der Waals surface area contributed by atoms with Crippen molar-refractivity contribution in [3.8, 4) is 0 Å². The van der Waals surface area contributed by atoms with Gasteiger partial charge in [-0.3, -0.25) is 0 Å². The molecule has 1 N–H and O–H groups in total. The zero-order chi connectivity index (χ0) is 9.72. The van der Waals surface area contributed by atoms with Crippen molar-refractivity contribution in [1.29, 1.82) is 0 Å². The summed E-state index contributed by atoms with van der Waals surface area (Å²) >= 11 is 0. The Labute approximate surface area is 76.6 Å². The molecule has 0 saturated heterocycles. The van der Waals surface area contributed by atoms with Gasteiger partial charge in [-0.15, -0.1) is 0 Å². The summed E-state index contributed by atoms with van der Waals surface area (Å²) in [6.45, 7) is 14.5. The molecule has 0 aliphatic carbocycles. The molecular formula is C11H21N. The van der Waals surface area contributed by atoms with Crippen LogP contribution in [0.25, 0.3) is 0 Å². The van der Waals surface area contributed by atoms with E-state index in [1.165, 1.54) is 5.57 Å². The molecule has 0 amide bonds. The van der Waals surface area contributed by atoms with Crippen molar-refractivity contribution in [3.63, 3.8) is 0 Å². The van der Waals surface area contributed by atoms with E-state index in [0.717, 1.165) is 12.1 Å². The molecule has 1 unspecified atom stereocenters. The van der Waals surface area contributed by atoms with E-state index in [9.17, 15) is 0 Å². The second-order valence-corrected chi connectivity index (χ2v) is 3.75. The van der Waals surface area contributed by atoms with Gasteiger partial charge in [0.1, 0.15) is 0 Å². The SMILES string of the molecule is C=C(CC(C(=C)C)C(C)C)NC. The minimum absolute atomic E-state index is 0.560. The topological polar surface area (TPSA) is 12.0 Å². The van der Waals surface area contributed by atoms with Crippen molar-refractivity contribution >= 4 is 0 Å². The lowest BCUT2D eigenvalue weighted by Gasteiger charge is -2.21. The molecule has 0 aromatic carbocycles. The molecule has 0 bridgehead atoms. The fraction of sp³-hybridized carbons (Fsp3) is 0.636. The van der Waals surface area contributed by atoms with Crippen LogP contribution in [0.3, 0.4) is 0 Å². The van der Waals surface area contributed by atoms with Crippen LogP contribution in [0.1, 0.15) is 27.2 Å². The molecule has 70 valence electrons. The fourth-order valence-electron chi connectivity index (χ4n) is 1.35. The summed E-state index contributed by atoms with van der Waals surface area (Å²) in [7, 11) is 1.91. The first-order valence-corrected chi connectivity index (χ1v) is 4.50. The van der Waals surface area contributed by atoms with Gasteiger partial charge >= 0.3 is 0 Å². The van der Waals surface area contributed by atoms with Gasteiger partial charge in [0.05, 0.1) is 0 Å². The summed E-state index contributed by atoms with van der Waals surface area (Å²) in [5.41, 5.74) is 2.35. The monoisotopic (exact) mass is 167 g/mol. The average molecular weight is 167 g/mol. The Morgan fingerprint density at radius 2 is 1.83 bits per heavy atom. The molecule has 0 radical (unpaired) electrons. The third-order valence-electron chi connectivity index (χ3n) is 2.26. The van der Waals surface area contributed by atoms with E-state index in [2.05, 4.69) is 39.2 Å². The Hall–Kier alpha value is -0.720. The number of allylic oxidation sites excluding steroid dienone is 2. The molecule has 0 aromatic heterocycles. The summed E-state index contributed by atoms with van der Waals surface area (Å²) in [4.78, 5) is 0. The summed E-state index contributed by atoms with van der Waals surface area (Å²) in [5.74, 6) is 1.21. The largest absolute Gasteiger partial charge is 0.392 e. The zero-order valence-electron chi connectivity index (χ0n) is 8.78. The van der Waals surface area contributed by atoms with E-state index in [-0.39, 0.29) is 0 Å². The van der Waals surface area contributed by atoms with Crippen LogP contribution in [0, 0.1) is 11.8 Å². The predicted molar refractivity (Wildman–Crippen MR) is 56.0 cm³/mol. The Kier molecular flexibility index (Phi) is 4.72. The highest BCUT2D eigenvalue weighted by Crippen LogP contribution is 2.24. The molecule has 0 heterocycles. The Morgan fingerprint density at radius 1 is 1.33 bits per heavy atom. The van der Waals surface area contributed by atoms with Gasteiger partial charge in [0.2, 0.25) is 0 Å². The fourth-order valence-corrected chi connectivity index (χ4v) is 1.35. The molecule has 1 heteroatoms. The predicted octanol–water partition coefficient (Wildman–Crippen LogP) is 2.96. The quantitative estimate of drug-likeness (QED) is 0.621. The van der Waals surface area contributed by atoms with Crippen molar-refractivity contribution in [2.45, 2.75) is 27.2 Å². The average Bonchev–Trinajstić information content (AvgIpc) is 1.98. The number of rotatable bonds is 5. The van der Waals surface area contributed by atoms with Gasteiger partial charge in [0, 0.05) is 12.7 Å². The third kappa shape index (κ3) is 3.61. The third-order valence-corrected chi connectivity index (χ3v) is 2.26. The Balaban J connectivity index is 4.14. The van der Waals surface area contributed by atoms with E-state index in [1.54, 1.807) is 0 Å². The maximum Gasteiger partial charge on any atom is 0.00371 e. The maximum atomic E-state index is 4.00. The van der Waals surface area contributed by atoms with Crippen LogP contribution in [0.5, 0.6) is 0 Å². The van der Waals surface area contributed by atoms with Crippen LogP contribution < -0.4 is 5.32 Å². The summed E-state index contributed by atoms with van der Waals surface area (Å²) < 4.78 is 0. The molecule has 0 aliphatic heterocycles. The molecule has 12 heavy (non-hydrogen) atoms. The van der Waals surface area contributed by atoms with E-state index < -0.39 is 0 Å². The lowest BCUT2D eigenvalue weighted by atomic mass is 9.86. The van der Waals surface area contributed by atoms with Gasteiger partial charge in [-0.1, -0.05) is 32.6 Å². The van der Waals surface area contributed by atoms with E-state index in [4.69, 9.17) is 0 Å². The van der Waals surface area contributed by atoms with Gasteiger partial charge in [0.25, 0.3) is 0 Å². The Bertz CT molecular complexity index is 168. The van der Waals surface area contributed by atoms with Crippen LogP contribution in [0.4, 0.5) is 0 Å². The standard InChI is InChI=1S/C11H21N/c1-8(2)11(9(3)4)7-10(5)12-6/h9,11-12H,1,5,7H2,2-4,6H3. The highest BCUT2D eigenvalue weighted by molar-refractivity contribution is 5.04. The highest BCUT2D eigenvalue weighted by Gasteiger charge is 2.14. The van der Waals surface area contributed by atoms with E-state index in [1.807, 2.05) is 7.05 Å². The second-order valence-electron chi connectivity index (χ2n) is 3.75. The van der Waals surface area contributed by atoms with Crippen LogP contribution in [0.15, 0.2) is 24.4 Å². The summed E-state index contributed by atoms with van der Waals surface area (Å²) in [5, 5.41) is 3.07. The number of nitrogens with one attached hydrogen (secondary N) is 1. The lowest BCUT2D eigenvalue weighted by Crippen LogP contribution is -2.15. The van der Waals surface area contributed by atoms with Crippen molar-refractivity contribution < 1.29 is 0 Å². The smallest absolute Gasteiger partial charge is 0.00371 e. The Morgan fingerprint density at radius 3 is 2.08 bits per heavy atom. The van der Waals surface area contributed by atoms with E-state index >= 15 is 0 Å². The first kappa shape index (κ1) is 11.3. The van der Waals surface area contributed by atoms with Gasteiger partial charge in [-0.25, -0.2) is 0 Å². The van der Waals surface area contributed by atoms with Gasteiger partial charge in [-0.2, -0.15) is 0 Å². The van der Waals surface area contributed by atoms with Gasteiger partial charge in [0.15, 0.2) is 0 Å². The molecule has 0 fully saturated rings. The van der Waals surface area contributed by atoms with Crippen LogP contribution in [-0.4, -0.2) is 7.05 Å². The van der Waals surface area contributed by atoms with Crippen LogP contribution in [-0.2, 0) is 0 Å². The minimum Gasteiger partial charge on any atom is -0.392 e. The van der Waals surface area contributed by atoms with Gasteiger partial charge < -0.3 is 5.32 Å². The molecular weight excluding hydrogens is 146 g/mol. The van der Waals surface area contributed by atoms with Crippen LogP contribution >= 0.6 is 0 Å². The summed E-state index contributed by atoms with van der Waals surface area (Å²) in [6.07, 6.45) is 1.00. The molecule has 1 atom stereocenters. The summed E-state index contributed by atoms with van der Waals surface area (Å²) in [6, 6.07) is 0. The first-order chi connectivity index (χ1) is 5.49. The molecule has 0 aromatic rings. The minimum atomic E-state index is 0.560. The molecule has 1 nitrogen and oxygen atoms in total. The molecule has 0 aliphatic rings. The van der Waals surface area contributed by atoms with Crippen molar-refractivity contribution in [1.82, 2.24) is 5.32 Å². The first-order valence-electron chi connectivity index (χ1n) is 4.50. The highest BCUT2D eigenvalue weighted by atomic mass is 14.8. The second kappa shape index (κ2) is 5.02. The van der Waals surface area contributed by atoms with E-state index in [0.29, 0.717) is 11.8 Å². The van der Waals surface area contributed by atoms with Crippen molar-refractivity contribution in [3.05, 3.63) is 24.4 Å². The van der Waals surface area contributed by atoms with Crippen molar-refractivity contribution in [2.24, 2.45) is 11.8 Å². The molecule has 0 saturated carbocycles. The maximum absolute atomic E-state index is 4.00. The molecule has 0 rings (SSSR count). The van der Waals surface area contributed by atoms with Gasteiger partial charge in [-0.05, 0) is 25.2 Å². The number of hydrogen-bond acceptors (Lipinski definition) is 1. The lowest BCUT2D eigenvalue weighted by molar-refractivity contribution is 0.434. The zero-order valence-corrected chi connectivity index (χ0v) is 8.78. The van der Waals surface area contributed by atoms with Crippen LogP contribution in [0.2, 0.25) is 0 Å². The normalized spacial score (nSPS) is 12.8. The number of hydrogen-bond donors (Lipinski definition) is 1. The molecule has 0 spiro atoms. The van der Waals surface area contributed by atoms with Crippen molar-refractivity contribution in [2.75, 3.05) is 7.05 Å².